The second-order valence-corrected chi connectivity index (χ2v) is 4.36. The van der Waals surface area contributed by atoms with Crippen LogP contribution in [0.15, 0.2) is 34.7 Å². The molecule has 1 unspecified atom stereocenters. The summed E-state index contributed by atoms with van der Waals surface area (Å²) in [5.41, 5.74) is 0.818. The molecule has 0 radical (unpaired) electrons. The van der Waals surface area contributed by atoms with E-state index in [2.05, 4.69) is 4.74 Å². The SMILES string of the molecule is COC(=O)c1ccc(C(C)Oc2cc(F)ccc2C)o1. The van der Waals surface area contributed by atoms with Crippen LogP contribution in [-0.4, -0.2) is 13.1 Å². The number of furan rings is 1. The molecular formula is C15H15FO4. The van der Waals surface area contributed by atoms with Gasteiger partial charge in [0.1, 0.15) is 17.3 Å². The fourth-order valence-corrected chi connectivity index (χ4v) is 1.73. The molecule has 5 heteroatoms. The molecule has 0 saturated carbocycles. The molecule has 0 aliphatic rings. The molecule has 0 aliphatic heterocycles. The average molecular weight is 278 g/mol. The van der Waals surface area contributed by atoms with Crippen LogP contribution in [0.5, 0.6) is 5.75 Å². The van der Waals surface area contributed by atoms with E-state index in [1.165, 1.54) is 25.3 Å². The Kier molecular flexibility index (Phi) is 4.08. The Bertz CT molecular complexity index is 618. The number of methoxy groups -OCH3 is 1. The normalized spacial score (nSPS) is 12.0. The van der Waals surface area contributed by atoms with Gasteiger partial charge in [0.2, 0.25) is 5.76 Å². The number of esters is 1. The second kappa shape index (κ2) is 5.77. The van der Waals surface area contributed by atoms with E-state index in [1.807, 2.05) is 6.92 Å². The third-order valence-corrected chi connectivity index (χ3v) is 2.87. The van der Waals surface area contributed by atoms with Gasteiger partial charge in [0.15, 0.2) is 6.10 Å². The lowest BCUT2D eigenvalue weighted by molar-refractivity contribution is 0.0558. The van der Waals surface area contributed by atoms with Crippen molar-refractivity contribution in [2.24, 2.45) is 0 Å². The number of ether oxygens (including phenoxy) is 2. The first-order valence-electron chi connectivity index (χ1n) is 6.12. The summed E-state index contributed by atoms with van der Waals surface area (Å²) < 4.78 is 28.8. The summed E-state index contributed by atoms with van der Waals surface area (Å²) in [4.78, 5) is 11.3. The Balaban J connectivity index is 2.15. The summed E-state index contributed by atoms with van der Waals surface area (Å²) in [6.45, 7) is 3.58. The maximum atomic E-state index is 13.2. The number of hydrogen-bond acceptors (Lipinski definition) is 4. The van der Waals surface area contributed by atoms with Gasteiger partial charge in [-0.05, 0) is 37.6 Å². The van der Waals surface area contributed by atoms with Crippen LogP contribution in [0.25, 0.3) is 0 Å². The molecule has 1 heterocycles. The molecule has 0 amide bonds. The maximum absolute atomic E-state index is 13.2. The number of aryl methyl sites for hydroxylation is 1. The minimum atomic E-state index is -0.551. The summed E-state index contributed by atoms with van der Waals surface area (Å²) in [7, 11) is 1.28. The third-order valence-electron chi connectivity index (χ3n) is 2.87. The third kappa shape index (κ3) is 2.99. The van der Waals surface area contributed by atoms with Crippen molar-refractivity contribution >= 4 is 5.97 Å². The molecule has 20 heavy (non-hydrogen) atoms. The Morgan fingerprint density at radius 1 is 1.30 bits per heavy atom. The lowest BCUT2D eigenvalue weighted by Crippen LogP contribution is -2.04. The zero-order chi connectivity index (χ0) is 14.7. The van der Waals surface area contributed by atoms with Gasteiger partial charge in [-0.3, -0.25) is 0 Å². The molecule has 2 aromatic rings. The number of benzene rings is 1. The molecule has 1 atom stereocenters. The van der Waals surface area contributed by atoms with Crippen LogP contribution in [0.3, 0.4) is 0 Å². The molecule has 0 bridgehead atoms. The van der Waals surface area contributed by atoms with E-state index in [1.54, 1.807) is 19.1 Å². The van der Waals surface area contributed by atoms with Gasteiger partial charge >= 0.3 is 5.97 Å². The molecule has 0 spiro atoms. The molecule has 2 rings (SSSR count). The van der Waals surface area contributed by atoms with Crippen LogP contribution >= 0.6 is 0 Å². The van der Waals surface area contributed by atoms with Crippen LogP contribution in [0.2, 0.25) is 0 Å². The van der Waals surface area contributed by atoms with E-state index in [9.17, 15) is 9.18 Å². The van der Waals surface area contributed by atoms with E-state index >= 15 is 0 Å². The van der Waals surface area contributed by atoms with E-state index in [-0.39, 0.29) is 11.6 Å². The zero-order valence-corrected chi connectivity index (χ0v) is 11.5. The topological polar surface area (TPSA) is 48.7 Å². The molecular weight excluding hydrogens is 263 g/mol. The number of rotatable bonds is 4. The highest BCUT2D eigenvalue weighted by molar-refractivity contribution is 5.86. The fraction of sp³-hybridized carbons (Fsp3) is 0.267. The number of halogens is 1. The van der Waals surface area contributed by atoms with Gasteiger partial charge in [-0.1, -0.05) is 6.07 Å². The number of carbonyl (C=O) groups is 1. The Hall–Kier alpha value is -2.30. The largest absolute Gasteiger partial charge is 0.482 e. The van der Waals surface area contributed by atoms with Crippen LogP contribution in [0.4, 0.5) is 4.39 Å². The first-order chi connectivity index (χ1) is 9.51. The summed E-state index contributed by atoms with van der Waals surface area (Å²) in [5, 5.41) is 0. The fourth-order valence-electron chi connectivity index (χ4n) is 1.73. The van der Waals surface area contributed by atoms with Gasteiger partial charge in [0, 0.05) is 6.07 Å². The Morgan fingerprint density at radius 2 is 2.05 bits per heavy atom. The van der Waals surface area contributed by atoms with E-state index in [4.69, 9.17) is 9.15 Å². The van der Waals surface area contributed by atoms with Crippen molar-refractivity contribution in [2.45, 2.75) is 20.0 Å². The predicted molar refractivity (Wildman–Crippen MR) is 70.2 cm³/mol. The molecule has 0 saturated heterocycles. The van der Waals surface area contributed by atoms with Crippen LogP contribution in [-0.2, 0) is 4.74 Å². The van der Waals surface area contributed by atoms with Gasteiger partial charge in [-0.25, -0.2) is 9.18 Å². The second-order valence-electron chi connectivity index (χ2n) is 4.36. The Labute approximate surface area is 116 Å². The summed E-state index contributed by atoms with van der Waals surface area (Å²) >= 11 is 0. The van der Waals surface area contributed by atoms with Crippen LogP contribution in [0.1, 0.15) is 34.9 Å². The lowest BCUT2D eigenvalue weighted by Gasteiger charge is -2.14. The highest BCUT2D eigenvalue weighted by Crippen LogP contribution is 2.26. The van der Waals surface area contributed by atoms with Crippen molar-refractivity contribution in [3.8, 4) is 5.75 Å². The highest BCUT2D eigenvalue weighted by Gasteiger charge is 2.17. The molecule has 0 N–H and O–H groups in total. The lowest BCUT2D eigenvalue weighted by atomic mass is 10.2. The van der Waals surface area contributed by atoms with Crippen molar-refractivity contribution in [1.82, 2.24) is 0 Å². The monoisotopic (exact) mass is 278 g/mol. The maximum Gasteiger partial charge on any atom is 0.373 e. The van der Waals surface area contributed by atoms with E-state index in [0.717, 1.165) is 5.56 Å². The van der Waals surface area contributed by atoms with Crippen LogP contribution < -0.4 is 4.74 Å². The summed E-state index contributed by atoms with van der Waals surface area (Å²) in [6, 6.07) is 7.47. The van der Waals surface area contributed by atoms with Crippen molar-refractivity contribution in [3.63, 3.8) is 0 Å². The highest BCUT2D eigenvalue weighted by atomic mass is 19.1. The molecule has 0 fully saturated rings. The van der Waals surface area contributed by atoms with Crippen LogP contribution in [0, 0.1) is 12.7 Å². The first kappa shape index (κ1) is 14.1. The smallest absolute Gasteiger partial charge is 0.373 e. The van der Waals surface area contributed by atoms with Gasteiger partial charge in [0.05, 0.1) is 7.11 Å². The first-order valence-corrected chi connectivity index (χ1v) is 6.12. The molecule has 1 aromatic heterocycles. The van der Waals surface area contributed by atoms with Gasteiger partial charge in [-0.2, -0.15) is 0 Å². The molecule has 4 nitrogen and oxygen atoms in total. The summed E-state index contributed by atoms with van der Waals surface area (Å²) in [6.07, 6.45) is -0.450. The molecule has 106 valence electrons. The van der Waals surface area contributed by atoms with Crippen molar-refractivity contribution in [3.05, 3.63) is 53.2 Å². The Morgan fingerprint density at radius 3 is 2.75 bits per heavy atom. The number of carbonyl (C=O) groups excluding carboxylic acids is 1. The van der Waals surface area contributed by atoms with Gasteiger partial charge in [0.25, 0.3) is 0 Å². The van der Waals surface area contributed by atoms with Crippen molar-refractivity contribution < 1.29 is 23.1 Å². The molecule has 0 aliphatic carbocycles. The zero-order valence-electron chi connectivity index (χ0n) is 11.5. The van der Waals surface area contributed by atoms with Gasteiger partial charge < -0.3 is 13.9 Å². The van der Waals surface area contributed by atoms with E-state index in [0.29, 0.717) is 11.5 Å². The quantitative estimate of drug-likeness (QED) is 0.801. The summed E-state index contributed by atoms with van der Waals surface area (Å²) in [5.74, 6) is 0.0920. The van der Waals surface area contributed by atoms with Crippen molar-refractivity contribution in [2.75, 3.05) is 7.11 Å². The van der Waals surface area contributed by atoms with Crippen molar-refractivity contribution in [1.29, 1.82) is 0 Å². The van der Waals surface area contributed by atoms with Gasteiger partial charge in [-0.15, -0.1) is 0 Å². The standard InChI is InChI=1S/C15H15FO4/c1-9-4-5-11(16)8-14(9)19-10(2)12-6-7-13(20-12)15(17)18-3/h4-8,10H,1-3H3. The minimum absolute atomic E-state index is 0.105. The number of hydrogen-bond donors (Lipinski definition) is 0. The minimum Gasteiger partial charge on any atom is -0.482 e. The average Bonchev–Trinajstić information content (AvgIpc) is 2.91. The predicted octanol–water partition coefficient (Wildman–Crippen LogP) is 3.65. The molecule has 1 aromatic carbocycles. The van der Waals surface area contributed by atoms with E-state index < -0.39 is 12.1 Å².